The molecule has 3 rings (SSSR count). The quantitative estimate of drug-likeness (QED) is 0.753. The van der Waals surface area contributed by atoms with Gasteiger partial charge in [-0.3, -0.25) is 9.78 Å². The van der Waals surface area contributed by atoms with E-state index in [0.29, 0.717) is 21.8 Å². The maximum atomic E-state index is 12.4. The van der Waals surface area contributed by atoms with E-state index in [2.05, 4.69) is 10.3 Å². The van der Waals surface area contributed by atoms with Gasteiger partial charge < -0.3 is 10.4 Å². The summed E-state index contributed by atoms with van der Waals surface area (Å²) in [6.07, 6.45) is 2.21. The lowest BCUT2D eigenvalue weighted by Crippen LogP contribution is -2.14. The molecule has 0 bridgehead atoms. The molecule has 1 unspecified atom stereocenters. The number of aromatic nitrogens is 1. The first kappa shape index (κ1) is 16.2. The Morgan fingerprint density at radius 1 is 1.04 bits per heavy atom. The van der Waals surface area contributed by atoms with Crippen LogP contribution in [0.1, 0.15) is 27.6 Å². The molecule has 120 valence electrons. The highest BCUT2D eigenvalue weighted by Gasteiger charge is 2.17. The minimum Gasteiger partial charge on any atom is -0.384 e. The normalized spacial score (nSPS) is 11.8. The second-order valence-corrected chi connectivity index (χ2v) is 5.67. The zero-order valence-electron chi connectivity index (χ0n) is 12.7. The van der Waals surface area contributed by atoms with Crippen LogP contribution in [-0.4, -0.2) is 16.0 Å². The Balaban J connectivity index is 1.93. The van der Waals surface area contributed by atoms with Crippen LogP contribution in [0.25, 0.3) is 0 Å². The molecule has 2 aromatic carbocycles. The standard InChI is InChI=1S/C19H15ClN2O2/c20-15-6-7-17(22-19(24)14-8-10-21-11-9-14)16(12-15)18(23)13-4-2-1-3-5-13/h1-12,18,23H,(H,22,24). The second kappa shape index (κ2) is 7.25. The predicted octanol–water partition coefficient (Wildman–Crippen LogP) is 4.07. The minimum absolute atomic E-state index is 0.277. The molecule has 0 aliphatic carbocycles. The number of halogens is 1. The van der Waals surface area contributed by atoms with E-state index in [1.165, 1.54) is 0 Å². The third-order valence-electron chi connectivity index (χ3n) is 3.61. The fourth-order valence-corrected chi connectivity index (χ4v) is 2.57. The summed E-state index contributed by atoms with van der Waals surface area (Å²) in [5.41, 5.74) is 2.26. The minimum atomic E-state index is -0.891. The van der Waals surface area contributed by atoms with Gasteiger partial charge in [0.1, 0.15) is 6.10 Å². The Morgan fingerprint density at radius 2 is 1.75 bits per heavy atom. The van der Waals surface area contributed by atoms with Crippen LogP contribution in [0.5, 0.6) is 0 Å². The van der Waals surface area contributed by atoms with Gasteiger partial charge in [-0.2, -0.15) is 0 Å². The maximum Gasteiger partial charge on any atom is 0.255 e. The highest BCUT2D eigenvalue weighted by atomic mass is 35.5. The average molecular weight is 339 g/mol. The van der Waals surface area contributed by atoms with Crippen LogP contribution >= 0.6 is 11.6 Å². The van der Waals surface area contributed by atoms with Gasteiger partial charge in [0.25, 0.3) is 5.91 Å². The van der Waals surface area contributed by atoms with Crippen LogP contribution in [0, 0.1) is 0 Å². The molecular weight excluding hydrogens is 324 g/mol. The summed E-state index contributed by atoms with van der Waals surface area (Å²) in [6.45, 7) is 0. The van der Waals surface area contributed by atoms with Crippen LogP contribution in [0.3, 0.4) is 0 Å². The number of pyridine rings is 1. The molecule has 1 amide bonds. The maximum absolute atomic E-state index is 12.4. The number of rotatable bonds is 4. The number of hydrogen-bond acceptors (Lipinski definition) is 3. The van der Waals surface area contributed by atoms with Gasteiger partial charge in [0, 0.05) is 34.2 Å². The number of benzene rings is 2. The zero-order valence-corrected chi connectivity index (χ0v) is 13.4. The number of amides is 1. The van der Waals surface area contributed by atoms with Gasteiger partial charge in [-0.15, -0.1) is 0 Å². The van der Waals surface area contributed by atoms with E-state index < -0.39 is 6.10 Å². The van der Waals surface area contributed by atoms with Gasteiger partial charge in [0.05, 0.1) is 0 Å². The lowest BCUT2D eigenvalue weighted by Gasteiger charge is -2.17. The van der Waals surface area contributed by atoms with Crippen molar-refractivity contribution in [3.8, 4) is 0 Å². The largest absolute Gasteiger partial charge is 0.384 e. The molecule has 0 radical (unpaired) electrons. The molecule has 4 nitrogen and oxygen atoms in total. The molecule has 24 heavy (non-hydrogen) atoms. The van der Waals surface area contributed by atoms with E-state index in [1.807, 2.05) is 30.3 Å². The third kappa shape index (κ3) is 3.62. The van der Waals surface area contributed by atoms with Crippen LogP contribution in [-0.2, 0) is 0 Å². The van der Waals surface area contributed by atoms with Crippen LogP contribution < -0.4 is 5.32 Å². The SMILES string of the molecule is O=C(Nc1ccc(Cl)cc1C(O)c1ccccc1)c1ccncc1. The summed E-state index contributed by atoms with van der Waals surface area (Å²) in [4.78, 5) is 16.3. The smallest absolute Gasteiger partial charge is 0.255 e. The fraction of sp³-hybridized carbons (Fsp3) is 0.0526. The molecule has 5 heteroatoms. The van der Waals surface area contributed by atoms with Crippen molar-refractivity contribution in [2.24, 2.45) is 0 Å². The van der Waals surface area contributed by atoms with Crippen molar-refractivity contribution < 1.29 is 9.90 Å². The zero-order chi connectivity index (χ0) is 16.9. The van der Waals surface area contributed by atoms with E-state index in [4.69, 9.17) is 11.6 Å². The topological polar surface area (TPSA) is 62.2 Å². The number of anilines is 1. The van der Waals surface area contributed by atoms with Crippen molar-refractivity contribution >= 4 is 23.2 Å². The fourth-order valence-electron chi connectivity index (χ4n) is 2.39. The summed E-state index contributed by atoms with van der Waals surface area (Å²) >= 11 is 6.07. The van der Waals surface area contributed by atoms with E-state index in [-0.39, 0.29) is 5.91 Å². The summed E-state index contributed by atoms with van der Waals surface area (Å²) < 4.78 is 0. The Bertz CT molecular complexity index is 839. The van der Waals surface area contributed by atoms with E-state index in [0.717, 1.165) is 5.56 Å². The molecular formula is C19H15ClN2O2. The summed E-state index contributed by atoms with van der Waals surface area (Å²) in [5, 5.41) is 14.0. The molecule has 0 fully saturated rings. The van der Waals surface area contributed by atoms with Gasteiger partial charge in [-0.25, -0.2) is 0 Å². The Kier molecular flexibility index (Phi) is 4.89. The summed E-state index contributed by atoms with van der Waals surface area (Å²) in [7, 11) is 0. The number of hydrogen-bond donors (Lipinski definition) is 2. The van der Waals surface area contributed by atoms with Gasteiger partial charge in [0.2, 0.25) is 0 Å². The van der Waals surface area contributed by atoms with Crippen LogP contribution in [0.4, 0.5) is 5.69 Å². The number of carbonyl (C=O) groups excluding carboxylic acids is 1. The van der Waals surface area contributed by atoms with Gasteiger partial charge >= 0.3 is 0 Å². The first-order valence-corrected chi connectivity index (χ1v) is 7.77. The Morgan fingerprint density at radius 3 is 2.46 bits per heavy atom. The first-order valence-electron chi connectivity index (χ1n) is 7.39. The van der Waals surface area contributed by atoms with E-state index in [9.17, 15) is 9.90 Å². The van der Waals surface area contributed by atoms with Crippen molar-refractivity contribution in [1.29, 1.82) is 0 Å². The number of aliphatic hydroxyl groups excluding tert-OH is 1. The van der Waals surface area contributed by atoms with Crippen molar-refractivity contribution in [1.82, 2.24) is 4.98 Å². The molecule has 0 saturated carbocycles. The van der Waals surface area contributed by atoms with Crippen molar-refractivity contribution in [2.75, 3.05) is 5.32 Å². The predicted molar refractivity (Wildman–Crippen MR) is 94.1 cm³/mol. The molecule has 1 heterocycles. The molecule has 3 aromatic rings. The van der Waals surface area contributed by atoms with Crippen molar-refractivity contribution in [3.05, 3.63) is 94.8 Å². The summed E-state index contributed by atoms with van der Waals surface area (Å²) in [6, 6.07) is 17.5. The van der Waals surface area contributed by atoms with Gasteiger partial charge in [0.15, 0.2) is 0 Å². The Labute approximate surface area is 144 Å². The highest BCUT2D eigenvalue weighted by molar-refractivity contribution is 6.30. The molecule has 1 aromatic heterocycles. The highest BCUT2D eigenvalue weighted by Crippen LogP contribution is 2.31. The van der Waals surface area contributed by atoms with Gasteiger partial charge in [-0.05, 0) is 35.9 Å². The molecule has 2 N–H and O–H groups in total. The second-order valence-electron chi connectivity index (χ2n) is 5.23. The molecule has 0 spiro atoms. The van der Waals surface area contributed by atoms with E-state index in [1.54, 1.807) is 42.7 Å². The van der Waals surface area contributed by atoms with Crippen LogP contribution in [0.15, 0.2) is 73.1 Å². The van der Waals surface area contributed by atoms with E-state index >= 15 is 0 Å². The Hall–Kier alpha value is -2.69. The molecule has 0 saturated heterocycles. The number of aliphatic hydroxyl groups is 1. The van der Waals surface area contributed by atoms with Gasteiger partial charge in [-0.1, -0.05) is 41.9 Å². The first-order chi connectivity index (χ1) is 11.6. The molecule has 1 atom stereocenters. The lowest BCUT2D eigenvalue weighted by atomic mass is 9.99. The molecule has 0 aliphatic heterocycles. The lowest BCUT2D eigenvalue weighted by molar-refractivity contribution is 0.102. The van der Waals surface area contributed by atoms with Crippen LogP contribution in [0.2, 0.25) is 5.02 Å². The van der Waals surface area contributed by atoms with Crippen molar-refractivity contribution in [3.63, 3.8) is 0 Å². The average Bonchev–Trinajstić information content (AvgIpc) is 2.64. The third-order valence-corrected chi connectivity index (χ3v) is 3.85. The number of carbonyl (C=O) groups is 1. The monoisotopic (exact) mass is 338 g/mol. The number of nitrogens with one attached hydrogen (secondary N) is 1. The summed E-state index contributed by atoms with van der Waals surface area (Å²) in [5.74, 6) is -0.277. The van der Waals surface area contributed by atoms with Crippen molar-refractivity contribution in [2.45, 2.75) is 6.10 Å². The number of nitrogens with zero attached hydrogens (tertiary/aromatic N) is 1. The molecule has 0 aliphatic rings.